The van der Waals surface area contributed by atoms with Crippen LogP contribution in [0.25, 0.3) is 11.3 Å². The topological polar surface area (TPSA) is 67.6 Å². The lowest BCUT2D eigenvalue weighted by atomic mass is 9.95. The van der Waals surface area contributed by atoms with Gasteiger partial charge < -0.3 is 14.7 Å². The van der Waals surface area contributed by atoms with E-state index in [1.807, 2.05) is 49.2 Å². The SMILES string of the molecule is CCOc1cc([C@@H]2c3c(-c4ccc(C)cc4)nn(C)c3C(=O)N2CCc2ccccc2)ccc1O. The van der Waals surface area contributed by atoms with Crippen molar-refractivity contribution in [3.8, 4) is 22.8 Å². The molecule has 0 bridgehead atoms. The van der Waals surface area contributed by atoms with E-state index in [2.05, 4.69) is 43.3 Å². The van der Waals surface area contributed by atoms with Crippen LogP contribution in [0.1, 0.15) is 45.7 Å². The van der Waals surface area contributed by atoms with Gasteiger partial charge in [-0.3, -0.25) is 9.48 Å². The van der Waals surface area contributed by atoms with Gasteiger partial charge in [0.05, 0.1) is 18.3 Å². The van der Waals surface area contributed by atoms with Gasteiger partial charge in [0.1, 0.15) is 5.69 Å². The highest BCUT2D eigenvalue weighted by atomic mass is 16.5. The molecule has 1 aliphatic rings. The lowest BCUT2D eigenvalue weighted by molar-refractivity contribution is 0.0741. The summed E-state index contributed by atoms with van der Waals surface area (Å²) in [4.78, 5) is 15.7. The molecule has 35 heavy (non-hydrogen) atoms. The highest BCUT2D eigenvalue weighted by Crippen LogP contribution is 2.45. The first kappa shape index (κ1) is 22.7. The minimum absolute atomic E-state index is 0.0414. The molecule has 0 saturated heterocycles. The first-order chi connectivity index (χ1) is 17.0. The van der Waals surface area contributed by atoms with E-state index in [4.69, 9.17) is 9.84 Å². The predicted molar refractivity (Wildman–Crippen MR) is 136 cm³/mol. The summed E-state index contributed by atoms with van der Waals surface area (Å²) < 4.78 is 7.38. The number of fused-ring (bicyclic) bond motifs is 1. The number of benzene rings is 3. The molecular weight excluding hydrogens is 438 g/mol. The van der Waals surface area contributed by atoms with Crippen LogP contribution in [-0.2, 0) is 13.5 Å². The third-order valence-corrected chi connectivity index (χ3v) is 6.54. The Morgan fingerprint density at radius 1 is 1.03 bits per heavy atom. The van der Waals surface area contributed by atoms with E-state index >= 15 is 0 Å². The fourth-order valence-electron chi connectivity index (χ4n) is 4.83. The van der Waals surface area contributed by atoms with Crippen LogP contribution < -0.4 is 4.74 Å². The molecule has 1 atom stereocenters. The monoisotopic (exact) mass is 467 g/mol. The normalized spacial score (nSPS) is 14.9. The molecule has 5 rings (SSSR count). The molecule has 0 fully saturated rings. The van der Waals surface area contributed by atoms with Crippen LogP contribution in [0.4, 0.5) is 0 Å². The molecule has 178 valence electrons. The molecule has 0 radical (unpaired) electrons. The van der Waals surface area contributed by atoms with Gasteiger partial charge in [-0.2, -0.15) is 5.10 Å². The number of amides is 1. The summed E-state index contributed by atoms with van der Waals surface area (Å²) in [5.41, 5.74) is 6.49. The third-order valence-electron chi connectivity index (χ3n) is 6.54. The quantitative estimate of drug-likeness (QED) is 0.401. The van der Waals surface area contributed by atoms with Crippen molar-refractivity contribution in [2.75, 3.05) is 13.2 Å². The minimum atomic E-state index is -0.342. The maximum absolute atomic E-state index is 13.8. The van der Waals surface area contributed by atoms with Crippen LogP contribution in [0, 0.1) is 6.92 Å². The molecule has 1 N–H and O–H groups in total. The zero-order chi connectivity index (χ0) is 24.5. The number of hydrogen-bond donors (Lipinski definition) is 1. The summed E-state index contributed by atoms with van der Waals surface area (Å²) >= 11 is 0. The molecule has 0 unspecified atom stereocenters. The maximum atomic E-state index is 13.8. The van der Waals surface area contributed by atoms with Crippen molar-refractivity contribution in [3.63, 3.8) is 0 Å². The fourth-order valence-corrected chi connectivity index (χ4v) is 4.83. The largest absolute Gasteiger partial charge is 0.504 e. The summed E-state index contributed by atoms with van der Waals surface area (Å²) in [6.45, 7) is 4.92. The summed E-state index contributed by atoms with van der Waals surface area (Å²) in [5.74, 6) is 0.455. The number of aryl methyl sites for hydroxylation is 2. The summed E-state index contributed by atoms with van der Waals surface area (Å²) in [7, 11) is 1.83. The second kappa shape index (κ2) is 9.29. The van der Waals surface area contributed by atoms with Crippen molar-refractivity contribution in [1.82, 2.24) is 14.7 Å². The van der Waals surface area contributed by atoms with Gasteiger partial charge in [0.2, 0.25) is 0 Å². The Morgan fingerprint density at radius 3 is 2.49 bits per heavy atom. The van der Waals surface area contributed by atoms with Crippen molar-refractivity contribution in [2.45, 2.75) is 26.3 Å². The van der Waals surface area contributed by atoms with Crippen LogP contribution >= 0.6 is 0 Å². The third kappa shape index (κ3) is 4.16. The Balaban J connectivity index is 1.63. The number of ether oxygens (including phenoxy) is 1. The average Bonchev–Trinajstić information content (AvgIpc) is 3.35. The standard InChI is InChI=1S/C29H29N3O3/c1-4-35-24-18-22(14-15-23(24)33)27-25-26(21-12-10-19(2)11-13-21)30-31(3)28(25)29(34)32(27)17-16-20-8-6-5-7-9-20/h5-15,18,27,33H,4,16-17H2,1-3H3/t27-/m1/s1. The summed E-state index contributed by atoms with van der Waals surface area (Å²) in [6.07, 6.45) is 0.737. The van der Waals surface area contributed by atoms with Crippen molar-refractivity contribution in [2.24, 2.45) is 7.05 Å². The fraction of sp³-hybridized carbons (Fsp3) is 0.241. The van der Waals surface area contributed by atoms with Gasteiger partial charge in [-0.1, -0.05) is 66.2 Å². The van der Waals surface area contributed by atoms with E-state index in [1.165, 1.54) is 11.1 Å². The molecule has 3 aromatic carbocycles. The van der Waals surface area contributed by atoms with E-state index in [-0.39, 0.29) is 17.7 Å². The lowest BCUT2D eigenvalue weighted by Crippen LogP contribution is -2.32. The molecule has 0 aliphatic carbocycles. The Morgan fingerprint density at radius 2 is 1.77 bits per heavy atom. The number of carbonyl (C=O) groups is 1. The van der Waals surface area contributed by atoms with Crippen LogP contribution in [-0.4, -0.2) is 38.8 Å². The molecule has 2 heterocycles. The highest BCUT2D eigenvalue weighted by molar-refractivity contribution is 6.00. The van der Waals surface area contributed by atoms with Crippen molar-refractivity contribution < 1.29 is 14.6 Å². The number of nitrogens with zero attached hydrogens (tertiary/aromatic N) is 3. The van der Waals surface area contributed by atoms with Gasteiger partial charge in [0.25, 0.3) is 5.91 Å². The Hall–Kier alpha value is -4.06. The number of carbonyl (C=O) groups excluding carboxylic acids is 1. The first-order valence-corrected chi connectivity index (χ1v) is 11.9. The highest BCUT2D eigenvalue weighted by Gasteiger charge is 2.43. The second-order valence-electron chi connectivity index (χ2n) is 8.90. The Labute approximate surface area is 205 Å². The number of rotatable bonds is 7. The number of phenolic OH excluding ortho intramolecular Hbond substituents is 1. The Kier molecular flexibility index (Phi) is 6.03. The lowest BCUT2D eigenvalue weighted by Gasteiger charge is -2.27. The van der Waals surface area contributed by atoms with Crippen molar-refractivity contribution in [3.05, 3.63) is 101 Å². The molecule has 4 aromatic rings. The molecule has 0 spiro atoms. The molecule has 1 aromatic heterocycles. The van der Waals surface area contributed by atoms with Crippen molar-refractivity contribution >= 4 is 5.91 Å². The van der Waals surface area contributed by atoms with Crippen LogP contribution in [0.5, 0.6) is 11.5 Å². The predicted octanol–water partition coefficient (Wildman–Crippen LogP) is 5.29. The number of hydrogen-bond acceptors (Lipinski definition) is 4. The maximum Gasteiger partial charge on any atom is 0.273 e. The van der Waals surface area contributed by atoms with E-state index < -0.39 is 0 Å². The zero-order valence-electron chi connectivity index (χ0n) is 20.2. The first-order valence-electron chi connectivity index (χ1n) is 11.9. The number of aromatic hydroxyl groups is 1. The van der Waals surface area contributed by atoms with Crippen LogP contribution in [0.2, 0.25) is 0 Å². The van der Waals surface area contributed by atoms with E-state index in [9.17, 15) is 9.90 Å². The summed E-state index contributed by atoms with van der Waals surface area (Å²) in [5, 5.41) is 15.1. The van der Waals surface area contributed by atoms with E-state index in [1.54, 1.807) is 10.7 Å². The second-order valence-corrected chi connectivity index (χ2v) is 8.90. The molecule has 0 saturated carbocycles. The van der Waals surface area contributed by atoms with Gasteiger partial charge in [-0.25, -0.2) is 0 Å². The zero-order valence-corrected chi connectivity index (χ0v) is 20.2. The average molecular weight is 468 g/mol. The summed E-state index contributed by atoms with van der Waals surface area (Å²) in [6, 6.07) is 23.4. The van der Waals surface area contributed by atoms with Gasteiger partial charge in [-0.05, 0) is 43.5 Å². The smallest absolute Gasteiger partial charge is 0.273 e. The van der Waals surface area contributed by atoms with Gasteiger partial charge in [-0.15, -0.1) is 0 Å². The molecular formula is C29H29N3O3. The number of aromatic nitrogens is 2. The molecule has 1 aliphatic heterocycles. The molecule has 6 nitrogen and oxygen atoms in total. The minimum Gasteiger partial charge on any atom is -0.504 e. The van der Waals surface area contributed by atoms with E-state index in [0.29, 0.717) is 24.6 Å². The van der Waals surface area contributed by atoms with E-state index in [0.717, 1.165) is 28.8 Å². The van der Waals surface area contributed by atoms with Crippen molar-refractivity contribution in [1.29, 1.82) is 0 Å². The molecule has 6 heteroatoms. The van der Waals surface area contributed by atoms with Gasteiger partial charge in [0.15, 0.2) is 11.5 Å². The molecule has 1 amide bonds. The van der Waals surface area contributed by atoms with Crippen LogP contribution in [0.3, 0.4) is 0 Å². The number of phenols is 1. The van der Waals surface area contributed by atoms with Gasteiger partial charge >= 0.3 is 0 Å². The Bertz CT molecular complexity index is 1360. The van der Waals surface area contributed by atoms with Gasteiger partial charge in [0, 0.05) is 24.7 Å². The van der Waals surface area contributed by atoms with Crippen LogP contribution in [0.15, 0.2) is 72.8 Å².